The van der Waals surface area contributed by atoms with Gasteiger partial charge in [-0.2, -0.15) is 0 Å². The van der Waals surface area contributed by atoms with Crippen molar-refractivity contribution in [3.63, 3.8) is 0 Å². The van der Waals surface area contributed by atoms with Crippen molar-refractivity contribution < 1.29 is 9.90 Å². The Morgan fingerprint density at radius 1 is 1.24 bits per heavy atom. The Labute approximate surface area is 175 Å². The van der Waals surface area contributed by atoms with E-state index in [9.17, 15) is 9.90 Å². The first kappa shape index (κ1) is 20.1. The van der Waals surface area contributed by atoms with Gasteiger partial charge in [0.25, 0.3) is 0 Å². The van der Waals surface area contributed by atoms with Crippen LogP contribution in [-0.4, -0.2) is 58.6 Å². The van der Waals surface area contributed by atoms with Crippen molar-refractivity contribution in [1.29, 1.82) is 0 Å². The average molecular weight is 416 g/mol. The Kier molecular flexibility index (Phi) is 5.72. The number of carbonyl (C=O) groups excluding carboxylic acids is 1. The summed E-state index contributed by atoms with van der Waals surface area (Å²) in [6.45, 7) is 4.96. The Bertz CT molecular complexity index is 883. The molecule has 0 saturated carbocycles. The molecule has 3 atom stereocenters. The Morgan fingerprint density at radius 3 is 2.59 bits per heavy atom. The van der Waals surface area contributed by atoms with Crippen LogP contribution >= 0.6 is 11.6 Å². The number of aromatic nitrogens is 2. The number of hydrogen-bond acceptors (Lipinski definition) is 6. The molecule has 1 saturated heterocycles. The van der Waals surface area contributed by atoms with Gasteiger partial charge in [0.1, 0.15) is 12.1 Å². The predicted molar refractivity (Wildman–Crippen MR) is 112 cm³/mol. The smallest absolute Gasteiger partial charge is 0.231 e. The van der Waals surface area contributed by atoms with Crippen LogP contribution < -0.4 is 10.6 Å². The minimum Gasteiger partial charge on any atom is -0.387 e. The summed E-state index contributed by atoms with van der Waals surface area (Å²) < 4.78 is 0. The van der Waals surface area contributed by atoms with Gasteiger partial charge in [0, 0.05) is 43.3 Å². The molecule has 1 aromatic carbocycles. The number of halogens is 1. The second-order valence-electron chi connectivity index (χ2n) is 7.80. The summed E-state index contributed by atoms with van der Waals surface area (Å²) >= 11 is 5.96. The number of amides is 1. The number of anilines is 1. The molecule has 8 heteroatoms. The first-order chi connectivity index (χ1) is 14.0. The molecule has 1 fully saturated rings. The minimum absolute atomic E-state index is 0.0474. The number of aliphatic hydroxyl groups is 1. The summed E-state index contributed by atoms with van der Waals surface area (Å²) in [5, 5.41) is 10.9. The lowest BCUT2D eigenvalue weighted by molar-refractivity contribution is -0.132. The zero-order chi connectivity index (χ0) is 20.5. The van der Waals surface area contributed by atoms with Gasteiger partial charge in [-0.25, -0.2) is 9.97 Å². The quantitative estimate of drug-likeness (QED) is 0.793. The van der Waals surface area contributed by atoms with Crippen LogP contribution in [0.25, 0.3) is 0 Å². The summed E-state index contributed by atoms with van der Waals surface area (Å²) in [6, 6.07) is 7.31. The van der Waals surface area contributed by atoms with Gasteiger partial charge in [-0.05, 0) is 30.0 Å². The van der Waals surface area contributed by atoms with Gasteiger partial charge >= 0.3 is 0 Å². The highest BCUT2D eigenvalue weighted by atomic mass is 35.5. The minimum atomic E-state index is -0.519. The van der Waals surface area contributed by atoms with Crippen LogP contribution in [0.3, 0.4) is 0 Å². The van der Waals surface area contributed by atoms with E-state index in [0.29, 0.717) is 37.6 Å². The number of piperazine rings is 1. The molecule has 2 heterocycles. The van der Waals surface area contributed by atoms with Crippen molar-refractivity contribution in [3.05, 3.63) is 52.4 Å². The van der Waals surface area contributed by atoms with Crippen LogP contribution in [0, 0.1) is 0 Å². The van der Waals surface area contributed by atoms with Crippen LogP contribution in [0.2, 0.25) is 5.02 Å². The normalized spacial score (nSPS) is 22.5. The third-order valence-electron chi connectivity index (χ3n) is 5.98. The highest BCUT2D eigenvalue weighted by Crippen LogP contribution is 2.42. The number of carbonyl (C=O) groups is 1. The van der Waals surface area contributed by atoms with E-state index < -0.39 is 6.10 Å². The third-order valence-corrected chi connectivity index (χ3v) is 6.23. The average Bonchev–Trinajstić information content (AvgIpc) is 3.04. The Morgan fingerprint density at radius 2 is 1.93 bits per heavy atom. The number of nitrogens with two attached hydrogens (primary N) is 1. The standard InChI is InChI=1S/C21H26ClN5O2/c1-13-10-17(28)19-18(13)20(25-12-24-19)26-6-8-27(9-7-26)21(29)16(11-23)14-2-4-15(22)5-3-14/h2-5,12-13,16-17,28H,6-11,23H2,1H3/t13?,16?,17-/m0/s1. The third kappa shape index (κ3) is 3.82. The van der Waals surface area contributed by atoms with Crippen molar-refractivity contribution in [2.24, 2.45) is 5.73 Å². The number of hydrogen-bond donors (Lipinski definition) is 2. The zero-order valence-corrected chi connectivity index (χ0v) is 17.2. The molecule has 1 aliphatic carbocycles. The van der Waals surface area contributed by atoms with Gasteiger partial charge in [0.15, 0.2) is 0 Å². The molecular formula is C21H26ClN5O2. The Hall–Kier alpha value is -2.22. The molecule has 0 bridgehead atoms. The van der Waals surface area contributed by atoms with Crippen LogP contribution in [0.15, 0.2) is 30.6 Å². The number of fused-ring (bicyclic) bond motifs is 1. The van der Waals surface area contributed by atoms with Crippen LogP contribution in [0.1, 0.15) is 48.1 Å². The van der Waals surface area contributed by atoms with Crippen LogP contribution in [0.5, 0.6) is 0 Å². The molecule has 1 amide bonds. The molecule has 2 aromatic rings. The van der Waals surface area contributed by atoms with Gasteiger partial charge in [-0.3, -0.25) is 4.79 Å². The summed E-state index contributed by atoms with van der Waals surface area (Å²) in [5.41, 5.74) is 8.60. The van der Waals surface area contributed by atoms with E-state index in [1.54, 1.807) is 12.1 Å². The number of rotatable bonds is 4. The first-order valence-electron chi connectivity index (χ1n) is 10.0. The van der Waals surface area contributed by atoms with Gasteiger partial charge in [-0.1, -0.05) is 30.7 Å². The van der Waals surface area contributed by atoms with E-state index in [2.05, 4.69) is 21.8 Å². The fourth-order valence-corrected chi connectivity index (χ4v) is 4.51. The number of benzene rings is 1. The second kappa shape index (κ2) is 8.26. The largest absolute Gasteiger partial charge is 0.387 e. The maximum absolute atomic E-state index is 13.1. The fraction of sp³-hybridized carbons (Fsp3) is 0.476. The van der Waals surface area contributed by atoms with E-state index in [1.165, 1.54) is 6.33 Å². The molecule has 7 nitrogen and oxygen atoms in total. The van der Waals surface area contributed by atoms with E-state index in [1.807, 2.05) is 17.0 Å². The summed E-state index contributed by atoms with van der Waals surface area (Å²) in [7, 11) is 0. The highest BCUT2D eigenvalue weighted by molar-refractivity contribution is 6.30. The molecule has 2 unspecified atom stereocenters. The molecule has 154 valence electrons. The first-order valence-corrected chi connectivity index (χ1v) is 10.4. The highest BCUT2D eigenvalue weighted by Gasteiger charge is 2.34. The van der Waals surface area contributed by atoms with Crippen molar-refractivity contribution in [3.8, 4) is 0 Å². The lowest BCUT2D eigenvalue weighted by Crippen LogP contribution is -2.51. The van der Waals surface area contributed by atoms with E-state index in [4.69, 9.17) is 17.3 Å². The topological polar surface area (TPSA) is 95.6 Å². The van der Waals surface area contributed by atoms with Gasteiger partial charge < -0.3 is 20.6 Å². The van der Waals surface area contributed by atoms with Crippen molar-refractivity contribution in [1.82, 2.24) is 14.9 Å². The maximum atomic E-state index is 13.1. The van der Waals surface area contributed by atoms with Crippen LogP contribution in [-0.2, 0) is 4.79 Å². The summed E-state index contributed by atoms with van der Waals surface area (Å²) in [6.07, 6.45) is 1.69. The molecule has 0 radical (unpaired) electrons. The zero-order valence-electron chi connectivity index (χ0n) is 16.5. The molecular weight excluding hydrogens is 390 g/mol. The van der Waals surface area contributed by atoms with Gasteiger partial charge in [0.2, 0.25) is 5.91 Å². The maximum Gasteiger partial charge on any atom is 0.231 e. The lowest BCUT2D eigenvalue weighted by atomic mass is 9.97. The van der Waals surface area contributed by atoms with E-state index in [0.717, 1.165) is 22.6 Å². The van der Waals surface area contributed by atoms with Gasteiger partial charge in [-0.15, -0.1) is 0 Å². The Balaban J connectivity index is 1.46. The molecule has 3 N–H and O–H groups in total. The predicted octanol–water partition coefficient (Wildman–Crippen LogP) is 2.06. The van der Waals surface area contributed by atoms with Crippen LogP contribution in [0.4, 0.5) is 5.82 Å². The number of aliphatic hydroxyl groups excluding tert-OH is 1. The van der Waals surface area contributed by atoms with E-state index in [-0.39, 0.29) is 24.3 Å². The lowest BCUT2D eigenvalue weighted by Gasteiger charge is -2.37. The van der Waals surface area contributed by atoms with Gasteiger partial charge in [0.05, 0.1) is 17.7 Å². The van der Waals surface area contributed by atoms with Crippen molar-refractivity contribution in [2.75, 3.05) is 37.6 Å². The van der Waals surface area contributed by atoms with Crippen molar-refractivity contribution >= 4 is 23.3 Å². The molecule has 1 aliphatic heterocycles. The molecule has 4 rings (SSSR count). The molecule has 29 heavy (non-hydrogen) atoms. The molecule has 2 aliphatic rings. The molecule has 1 aromatic heterocycles. The number of nitrogens with zero attached hydrogens (tertiary/aromatic N) is 4. The monoisotopic (exact) mass is 415 g/mol. The summed E-state index contributed by atoms with van der Waals surface area (Å²) in [5.74, 6) is 0.796. The van der Waals surface area contributed by atoms with Crippen molar-refractivity contribution in [2.45, 2.75) is 31.3 Å². The SMILES string of the molecule is CC1C[C@H](O)c2ncnc(N3CCN(C(=O)C(CN)c4ccc(Cl)cc4)CC3)c21. The molecule has 0 spiro atoms. The van der Waals surface area contributed by atoms with E-state index >= 15 is 0 Å². The second-order valence-corrected chi connectivity index (χ2v) is 8.24. The fourth-order valence-electron chi connectivity index (χ4n) is 4.39. The summed E-state index contributed by atoms with van der Waals surface area (Å²) in [4.78, 5) is 25.9.